The number of hydrogen-bond donors (Lipinski definition) is 0. The molecule has 0 spiro atoms. The van der Waals surface area contributed by atoms with Crippen molar-refractivity contribution in [2.75, 3.05) is 0 Å². The topological polar surface area (TPSA) is 30.0 Å². The van der Waals surface area contributed by atoms with Crippen molar-refractivity contribution in [2.45, 2.75) is 13.3 Å². The second kappa shape index (κ2) is 2.73. The molecule has 0 fully saturated rings. The summed E-state index contributed by atoms with van der Waals surface area (Å²) in [4.78, 5) is 15.4. The van der Waals surface area contributed by atoms with Crippen molar-refractivity contribution in [3.63, 3.8) is 0 Å². The predicted molar refractivity (Wildman–Crippen MR) is 36.7 cm³/mol. The van der Waals surface area contributed by atoms with Gasteiger partial charge in [-0.05, 0) is 0 Å². The molecule has 0 aliphatic carbocycles. The maximum absolute atomic E-state index is 10.8. The first-order valence-electron chi connectivity index (χ1n) is 2.76. The molecule has 0 amide bonds. The first-order chi connectivity index (χ1) is 4.34. The third-order valence-electron chi connectivity index (χ3n) is 1.03. The Morgan fingerprint density at radius 1 is 1.89 bits per heavy atom. The van der Waals surface area contributed by atoms with Crippen molar-refractivity contribution in [2.24, 2.45) is 0 Å². The number of thiazole rings is 1. The van der Waals surface area contributed by atoms with Crippen molar-refractivity contribution in [1.82, 2.24) is 4.98 Å². The lowest BCUT2D eigenvalue weighted by atomic mass is 10.3. The summed E-state index contributed by atoms with van der Waals surface area (Å²) >= 11 is 1.39. The molecule has 0 N–H and O–H groups in total. The highest BCUT2D eigenvalue weighted by Crippen LogP contribution is 2.07. The minimum absolute atomic E-state index is 0.178. The number of hydrogen-bond acceptors (Lipinski definition) is 3. The normalized spacial score (nSPS) is 9.44. The Kier molecular flexibility index (Phi) is 1.95. The van der Waals surface area contributed by atoms with Crippen LogP contribution in [0.15, 0.2) is 11.7 Å². The zero-order valence-electron chi connectivity index (χ0n) is 5.13. The highest BCUT2D eigenvalue weighted by molar-refractivity contribution is 7.11. The Hall–Kier alpha value is -0.700. The third kappa shape index (κ3) is 1.36. The van der Waals surface area contributed by atoms with Crippen LogP contribution in [0.3, 0.4) is 0 Å². The maximum Gasteiger partial charge on any atom is 0.174 e. The highest BCUT2D eigenvalue weighted by atomic mass is 32.1. The van der Waals surface area contributed by atoms with Gasteiger partial charge in [0.25, 0.3) is 0 Å². The van der Waals surface area contributed by atoms with Gasteiger partial charge in [-0.2, -0.15) is 0 Å². The Morgan fingerprint density at radius 2 is 2.67 bits per heavy atom. The van der Waals surface area contributed by atoms with Gasteiger partial charge >= 0.3 is 0 Å². The van der Waals surface area contributed by atoms with E-state index in [-0.39, 0.29) is 5.78 Å². The standard InChI is InChI=1S/C6H7NOS/c1-2-5(8)6-3-7-4-9-6/h3-4H,2H2,1H3. The fraction of sp³-hybridized carbons (Fsp3) is 0.333. The lowest BCUT2D eigenvalue weighted by Gasteiger charge is -1.85. The molecule has 0 radical (unpaired) electrons. The largest absolute Gasteiger partial charge is 0.293 e. The van der Waals surface area contributed by atoms with Crippen LogP contribution >= 0.6 is 11.3 Å². The Bertz CT molecular complexity index is 193. The van der Waals surface area contributed by atoms with Crippen LogP contribution < -0.4 is 0 Å². The molecular formula is C6H7NOS. The van der Waals surface area contributed by atoms with Gasteiger partial charge in [-0.1, -0.05) is 6.92 Å². The second-order valence-electron chi connectivity index (χ2n) is 1.64. The van der Waals surface area contributed by atoms with Crippen LogP contribution in [0.4, 0.5) is 0 Å². The molecule has 1 aromatic heterocycles. The number of ketones is 1. The van der Waals surface area contributed by atoms with Crippen molar-refractivity contribution in [1.29, 1.82) is 0 Å². The van der Waals surface area contributed by atoms with E-state index in [1.165, 1.54) is 11.3 Å². The van der Waals surface area contributed by atoms with Crippen LogP contribution in [0.5, 0.6) is 0 Å². The summed E-state index contributed by atoms with van der Waals surface area (Å²) in [5, 5.41) is 0. The van der Waals surface area contributed by atoms with E-state index in [9.17, 15) is 4.79 Å². The van der Waals surface area contributed by atoms with E-state index in [1.807, 2.05) is 6.92 Å². The van der Waals surface area contributed by atoms with E-state index in [2.05, 4.69) is 4.98 Å². The van der Waals surface area contributed by atoms with Crippen LogP contribution in [-0.4, -0.2) is 10.8 Å². The van der Waals surface area contributed by atoms with Gasteiger partial charge < -0.3 is 0 Å². The summed E-state index contributed by atoms with van der Waals surface area (Å²) in [6.07, 6.45) is 2.18. The van der Waals surface area contributed by atoms with Crippen molar-refractivity contribution in [3.8, 4) is 0 Å². The number of rotatable bonds is 2. The van der Waals surface area contributed by atoms with Crippen LogP contribution in [0.2, 0.25) is 0 Å². The summed E-state index contributed by atoms with van der Waals surface area (Å²) in [5.74, 6) is 0.178. The number of aromatic nitrogens is 1. The summed E-state index contributed by atoms with van der Waals surface area (Å²) in [6.45, 7) is 1.85. The van der Waals surface area contributed by atoms with Crippen LogP contribution in [0.25, 0.3) is 0 Å². The monoisotopic (exact) mass is 141 g/mol. The molecular weight excluding hydrogens is 134 g/mol. The Balaban J connectivity index is 2.77. The van der Waals surface area contributed by atoms with Gasteiger partial charge in [0, 0.05) is 12.6 Å². The number of nitrogens with zero attached hydrogens (tertiary/aromatic N) is 1. The molecule has 1 heterocycles. The van der Waals surface area contributed by atoms with E-state index in [0.29, 0.717) is 6.42 Å². The maximum atomic E-state index is 10.8. The number of carbonyl (C=O) groups is 1. The number of carbonyl (C=O) groups excluding carboxylic acids is 1. The molecule has 0 aliphatic rings. The van der Waals surface area contributed by atoms with E-state index >= 15 is 0 Å². The van der Waals surface area contributed by atoms with Crippen LogP contribution in [0.1, 0.15) is 23.0 Å². The SMILES string of the molecule is CCC(=O)c1cncs1. The van der Waals surface area contributed by atoms with Crippen LogP contribution in [-0.2, 0) is 0 Å². The fourth-order valence-electron chi connectivity index (χ4n) is 0.528. The molecule has 0 atom stereocenters. The van der Waals surface area contributed by atoms with Crippen molar-refractivity contribution >= 4 is 17.1 Å². The number of Topliss-reactive ketones (excluding diaryl/α,β-unsaturated/α-hetero) is 1. The van der Waals surface area contributed by atoms with Gasteiger partial charge in [0.05, 0.1) is 10.4 Å². The van der Waals surface area contributed by atoms with E-state index in [1.54, 1.807) is 11.7 Å². The molecule has 9 heavy (non-hydrogen) atoms. The van der Waals surface area contributed by atoms with Crippen molar-refractivity contribution in [3.05, 3.63) is 16.6 Å². The zero-order chi connectivity index (χ0) is 6.69. The quantitative estimate of drug-likeness (QED) is 0.587. The lowest BCUT2D eigenvalue weighted by molar-refractivity contribution is 0.0992. The summed E-state index contributed by atoms with van der Waals surface area (Å²) in [6, 6.07) is 0. The first-order valence-corrected chi connectivity index (χ1v) is 3.64. The minimum atomic E-state index is 0.178. The average molecular weight is 141 g/mol. The second-order valence-corrected chi connectivity index (χ2v) is 2.53. The first kappa shape index (κ1) is 6.42. The predicted octanol–water partition coefficient (Wildman–Crippen LogP) is 1.74. The van der Waals surface area contributed by atoms with Crippen LogP contribution in [0, 0.1) is 0 Å². The van der Waals surface area contributed by atoms with Gasteiger partial charge in [-0.25, -0.2) is 0 Å². The van der Waals surface area contributed by atoms with Gasteiger partial charge in [0.2, 0.25) is 0 Å². The molecule has 0 aromatic carbocycles. The molecule has 1 aromatic rings. The summed E-state index contributed by atoms with van der Waals surface area (Å²) < 4.78 is 0. The molecule has 0 saturated heterocycles. The smallest absolute Gasteiger partial charge is 0.174 e. The van der Waals surface area contributed by atoms with E-state index in [0.717, 1.165) is 4.88 Å². The Labute approximate surface area is 57.5 Å². The third-order valence-corrected chi connectivity index (χ3v) is 1.84. The molecule has 2 nitrogen and oxygen atoms in total. The fourth-order valence-corrected chi connectivity index (χ4v) is 1.16. The summed E-state index contributed by atoms with van der Waals surface area (Å²) in [5.41, 5.74) is 1.67. The molecule has 48 valence electrons. The molecule has 0 saturated carbocycles. The van der Waals surface area contributed by atoms with Gasteiger partial charge in [-0.3, -0.25) is 9.78 Å². The van der Waals surface area contributed by atoms with Gasteiger partial charge in [0.1, 0.15) is 0 Å². The molecule has 0 bridgehead atoms. The van der Waals surface area contributed by atoms with Gasteiger partial charge in [0.15, 0.2) is 5.78 Å². The molecule has 0 unspecified atom stereocenters. The van der Waals surface area contributed by atoms with Crippen molar-refractivity contribution < 1.29 is 4.79 Å². The molecule has 3 heteroatoms. The van der Waals surface area contributed by atoms with E-state index in [4.69, 9.17) is 0 Å². The van der Waals surface area contributed by atoms with E-state index < -0.39 is 0 Å². The minimum Gasteiger partial charge on any atom is -0.293 e. The molecule has 1 rings (SSSR count). The zero-order valence-corrected chi connectivity index (χ0v) is 5.94. The summed E-state index contributed by atoms with van der Waals surface area (Å²) in [7, 11) is 0. The highest BCUT2D eigenvalue weighted by Gasteiger charge is 2.01. The van der Waals surface area contributed by atoms with Gasteiger partial charge in [-0.15, -0.1) is 11.3 Å². The average Bonchev–Trinajstić information content (AvgIpc) is 2.37. The molecule has 0 aliphatic heterocycles. The lowest BCUT2D eigenvalue weighted by Crippen LogP contribution is -1.90. The Morgan fingerprint density at radius 3 is 3.11 bits per heavy atom.